The monoisotopic (exact) mass is 754 g/mol. The van der Waals surface area contributed by atoms with Gasteiger partial charge < -0.3 is 19.3 Å². The number of aromatic hydroxyl groups is 1. The average molecular weight is 756 g/mol. The third-order valence-electron chi connectivity index (χ3n) is 10.6. The van der Waals surface area contributed by atoms with Crippen LogP contribution in [0.15, 0.2) is 97.1 Å². The van der Waals surface area contributed by atoms with Crippen molar-refractivity contribution >= 4 is 47.2 Å². The van der Waals surface area contributed by atoms with Crippen molar-refractivity contribution in [2.45, 2.75) is 44.8 Å². The number of fused-ring (bicyclic) bond motifs is 2. The van der Waals surface area contributed by atoms with E-state index in [0.717, 1.165) is 55.8 Å². The number of phenols is 1. The van der Waals surface area contributed by atoms with Crippen molar-refractivity contribution in [1.82, 2.24) is 14.4 Å². The Kier molecular flexibility index (Phi) is 10.9. The molecule has 1 saturated heterocycles. The highest BCUT2D eigenvalue weighted by atomic mass is 35.5. The van der Waals surface area contributed by atoms with E-state index in [4.69, 9.17) is 16.3 Å². The number of carbonyl (C=O) groups is 2. The summed E-state index contributed by atoms with van der Waals surface area (Å²) in [4.78, 5) is 35.4. The molecule has 53 heavy (non-hydrogen) atoms. The molecule has 1 atom stereocenters. The number of morpholine rings is 1. The fourth-order valence-corrected chi connectivity index (χ4v) is 8.12. The van der Waals surface area contributed by atoms with Crippen molar-refractivity contribution in [3.63, 3.8) is 0 Å². The van der Waals surface area contributed by atoms with Gasteiger partial charge in [0.2, 0.25) is 0 Å². The molecule has 274 valence electrons. The number of rotatable bonds is 7. The first kappa shape index (κ1) is 36.7. The summed E-state index contributed by atoms with van der Waals surface area (Å²) in [6.07, 6.45) is 3.20. The topological polar surface area (TPSA) is 78.3 Å². The summed E-state index contributed by atoms with van der Waals surface area (Å²) in [5.74, 6) is -0.998. The number of hydrogen-bond acceptors (Lipinski definition) is 5. The number of carbonyl (C=O) groups excluding carboxylic acids is 2. The number of hydrogen-bond donors (Lipinski definition) is 1. The van der Waals surface area contributed by atoms with E-state index in [2.05, 4.69) is 27.7 Å². The minimum Gasteiger partial charge on any atom is -0.508 e. The molecule has 1 aromatic heterocycles. The average Bonchev–Trinajstić information content (AvgIpc) is 3.56. The summed E-state index contributed by atoms with van der Waals surface area (Å²) in [5.41, 5.74) is 6.09. The molecule has 4 aromatic carbocycles. The quantitative estimate of drug-likeness (QED) is 0.181. The van der Waals surface area contributed by atoms with Crippen molar-refractivity contribution in [3.05, 3.63) is 136 Å². The fourth-order valence-electron chi connectivity index (χ4n) is 7.95. The van der Waals surface area contributed by atoms with Crippen LogP contribution in [0.2, 0.25) is 5.02 Å². The molecule has 0 unspecified atom stereocenters. The Balaban J connectivity index is 0.00000435. The molecule has 1 fully saturated rings. The largest absolute Gasteiger partial charge is 0.508 e. The molecule has 8 rings (SSSR count). The highest BCUT2D eigenvalue weighted by molar-refractivity contribution is 6.31. The van der Waals surface area contributed by atoms with Crippen LogP contribution >= 0.6 is 24.0 Å². The van der Waals surface area contributed by atoms with Crippen LogP contribution in [0.3, 0.4) is 0 Å². The molecule has 1 N–H and O–H groups in total. The molecule has 0 bridgehead atoms. The molecular weight excluding hydrogens is 714 g/mol. The predicted molar refractivity (Wildman–Crippen MR) is 207 cm³/mol. The third kappa shape index (κ3) is 7.31. The normalized spacial score (nSPS) is 17.0. The Hall–Kier alpha value is -4.67. The Bertz CT molecular complexity index is 2130. The maximum absolute atomic E-state index is 15.4. The highest BCUT2D eigenvalue weighted by Crippen LogP contribution is 2.38. The van der Waals surface area contributed by atoms with Crippen LogP contribution in [0.25, 0.3) is 11.3 Å². The number of aromatic nitrogens is 1. The molecular formula is C42H41Cl2FN4O4. The standard InChI is InChI=1S/C42H40ClFN4O4.ClH/c43-30-12-17-34(41(50)47-26-29-8-2-1-7-28(29)23-32(47)27-45-19-21-52-22-20-45)35(24-30)40-25-36(38-10-5-6-18-46(38)40)42(51)48(31-13-15-33(49)16-14-31)39-11-4-3-9-37(39)44;/h1-4,7-9,11-17,24-25,32,49H,5-6,10,18-23,26-27H2;1H/t32-;/m0./s1. The first-order chi connectivity index (χ1) is 25.4. The number of nitrogens with zero attached hydrogens (tertiary/aromatic N) is 4. The lowest BCUT2D eigenvalue weighted by Gasteiger charge is -2.40. The van der Waals surface area contributed by atoms with E-state index in [9.17, 15) is 14.7 Å². The van der Waals surface area contributed by atoms with Crippen LogP contribution < -0.4 is 4.90 Å². The first-order valence-electron chi connectivity index (χ1n) is 17.9. The second-order valence-corrected chi connectivity index (χ2v) is 14.2. The van der Waals surface area contributed by atoms with Crippen molar-refractivity contribution in [3.8, 4) is 17.0 Å². The van der Waals surface area contributed by atoms with Crippen LogP contribution in [0, 0.1) is 5.82 Å². The van der Waals surface area contributed by atoms with Crippen LogP contribution in [0.1, 0.15) is 50.4 Å². The van der Waals surface area contributed by atoms with Gasteiger partial charge >= 0.3 is 0 Å². The summed E-state index contributed by atoms with van der Waals surface area (Å²) in [6, 6.07) is 27.8. The Morgan fingerprint density at radius 3 is 2.38 bits per heavy atom. The van der Waals surface area contributed by atoms with Gasteiger partial charge in [-0.25, -0.2) is 4.39 Å². The van der Waals surface area contributed by atoms with E-state index < -0.39 is 11.7 Å². The molecule has 0 aliphatic carbocycles. The van der Waals surface area contributed by atoms with Gasteiger partial charge in [-0.05, 0) is 97.5 Å². The summed E-state index contributed by atoms with van der Waals surface area (Å²) < 4.78 is 23.2. The molecule has 0 saturated carbocycles. The summed E-state index contributed by atoms with van der Waals surface area (Å²) >= 11 is 6.68. The molecule has 3 aliphatic heterocycles. The van der Waals surface area contributed by atoms with E-state index in [1.54, 1.807) is 42.5 Å². The zero-order valence-corrected chi connectivity index (χ0v) is 30.8. The maximum atomic E-state index is 15.4. The van der Waals surface area contributed by atoms with Crippen LogP contribution in [0.5, 0.6) is 5.75 Å². The van der Waals surface area contributed by atoms with Gasteiger partial charge in [0.1, 0.15) is 11.6 Å². The molecule has 8 nitrogen and oxygen atoms in total. The van der Waals surface area contributed by atoms with Crippen molar-refractivity contribution in [1.29, 1.82) is 0 Å². The zero-order valence-electron chi connectivity index (χ0n) is 29.2. The first-order valence-corrected chi connectivity index (χ1v) is 18.3. The molecule has 11 heteroatoms. The van der Waals surface area contributed by atoms with Crippen molar-refractivity contribution in [2.24, 2.45) is 0 Å². The van der Waals surface area contributed by atoms with E-state index >= 15 is 4.39 Å². The SMILES string of the molecule is Cl.O=C(c1cc(-c2cc(Cl)ccc2C(=O)N2Cc3ccccc3C[C@H]2CN2CCOCC2)n2c1CCCC2)N(c1ccc(O)cc1)c1ccccc1F. The fraction of sp³-hybridized carbons (Fsp3) is 0.286. The van der Waals surface area contributed by atoms with Gasteiger partial charge in [-0.2, -0.15) is 0 Å². The highest BCUT2D eigenvalue weighted by Gasteiger charge is 2.35. The molecule has 4 heterocycles. The smallest absolute Gasteiger partial charge is 0.264 e. The predicted octanol–water partition coefficient (Wildman–Crippen LogP) is 8.29. The molecule has 2 amide bonds. The Morgan fingerprint density at radius 2 is 1.60 bits per heavy atom. The van der Waals surface area contributed by atoms with Crippen molar-refractivity contribution < 1.29 is 23.8 Å². The lowest BCUT2D eigenvalue weighted by Crippen LogP contribution is -2.52. The number of amides is 2. The Labute approximate surface area is 319 Å². The second kappa shape index (κ2) is 15.7. The van der Waals surface area contributed by atoms with Gasteiger partial charge in [0.15, 0.2) is 0 Å². The van der Waals surface area contributed by atoms with Gasteiger partial charge in [-0.15, -0.1) is 12.4 Å². The number of benzene rings is 4. The lowest BCUT2D eigenvalue weighted by molar-refractivity contribution is 0.0193. The summed E-state index contributed by atoms with van der Waals surface area (Å²) in [7, 11) is 0. The number of para-hydroxylation sites is 1. The number of halogens is 3. The Morgan fingerprint density at radius 1 is 0.868 bits per heavy atom. The molecule has 5 aromatic rings. The van der Waals surface area contributed by atoms with Crippen LogP contribution in [-0.2, 0) is 30.7 Å². The second-order valence-electron chi connectivity index (χ2n) is 13.8. The van der Waals surface area contributed by atoms with E-state index in [-0.39, 0.29) is 35.8 Å². The van der Waals surface area contributed by atoms with Gasteiger partial charge in [0, 0.05) is 72.0 Å². The lowest BCUT2D eigenvalue weighted by atomic mass is 9.92. The van der Waals surface area contributed by atoms with Crippen LogP contribution in [0.4, 0.5) is 15.8 Å². The van der Waals surface area contributed by atoms with Gasteiger partial charge in [0.25, 0.3) is 11.8 Å². The van der Waals surface area contributed by atoms with Gasteiger partial charge in [0.05, 0.1) is 24.5 Å². The minimum absolute atomic E-state index is 0. The summed E-state index contributed by atoms with van der Waals surface area (Å²) in [5, 5.41) is 10.5. The van der Waals surface area contributed by atoms with E-state index in [1.807, 2.05) is 23.1 Å². The van der Waals surface area contributed by atoms with Gasteiger partial charge in [-0.1, -0.05) is 48.0 Å². The minimum atomic E-state index is -0.547. The van der Waals surface area contributed by atoms with Crippen LogP contribution in [-0.4, -0.2) is 70.2 Å². The van der Waals surface area contributed by atoms with Crippen molar-refractivity contribution in [2.75, 3.05) is 37.7 Å². The number of ether oxygens (including phenoxy) is 1. The maximum Gasteiger partial charge on any atom is 0.264 e. The van der Waals surface area contributed by atoms with E-state index in [1.165, 1.54) is 28.7 Å². The third-order valence-corrected chi connectivity index (χ3v) is 10.8. The molecule has 3 aliphatic rings. The summed E-state index contributed by atoms with van der Waals surface area (Å²) in [6.45, 7) is 4.91. The van der Waals surface area contributed by atoms with E-state index in [0.29, 0.717) is 60.1 Å². The molecule has 0 spiro atoms. The number of phenolic OH excluding ortho intramolecular Hbond substituents is 1. The number of anilines is 2. The zero-order chi connectivity index (χ0) is 35.8. The molecule has 0 radical (unpaired) electrons. The van der Waals surface area contributed by atoms with Gasteiger partial charge in [-0.3, -0.25) is 19.4 Å².